The van der Waals surface area contributed by atoms with Gasteiger partial charge in [0.15, 0.2) is 0 Å². The molecular weight excluding hydrogens is 432 g/mol. The predicted molar refractivity (Wildman–Crippen MR) is 158 cm³/mol. The van der Waals surface area contributed by atoms with Gasteiger partial charge in [-0.05, 0) is 104 Å². The first kappa shape index (κ1) is 22.3. The average molecular weight is 463 g/mol. The third-order valence-electron chi connectivity index (χ3n) is 7.48. The quantitative estimate of drug-likeness (QED) is 0.236. The summed E-state index contributed by atoms with van der Waals surface area (Å²) in [5.41, 5.74) is 9.22. The number of aryl methyl sites for hydroxylation is 2. The highest BCUT2D eigenvalue weighted by atomic mass is 14.2. The number of rotatable bonds is 3. The summed E-state index contributed by atoms with van der Waals surface area (Å²) in [6, 6.07) is 29.6. The van der Waals surface area contributed by atoms with Crippen molar-refractivity contribution in [1.29, 1.82) is 0 Å². The van der Waals surface area contributed by atoms with Crippen molar-refractivity contribution in [3.8, 4) is 22.3 Å². The maximum absolute atomic E-state index is 3.94. The first-order valence-corrected chi connectivity index (χ1v) is 12.8. The van der Waals surface area contributed by atoms with Crippen LogP contribution in [0.1, 0.15) is 30.0 Å². The highest BCUT2D eigenvalue weighted by Gasteiger charge is 2.17. The highest BCUT2D eigenvalue weighted by Crippen LogP contribution is 2.44. The maximum atomic E-state index is 3.94. The zero-order valence-corrected chi connectivity index (χ0v) is 21.0. The van der Waals surface area contributed by atoms with Crippen molar-refractivity contribution >= 4 is 39.8 Å². The molecule has 1 aliphatic rings. The maximum Gasteiger partial charge on any atom is -0.00261 e. The van der Waals surface area contributed by atoms with Crippen LogP contribution in [0.4, 0.5) is 0 Å². The Morgan fingerprint density at radius 3 is 2.22 bits per heavy atom. The van der Waals surface area contributed by atoms with Crippen molar-refractivity contribution in [3.05, 3.63) is 125 Å². The molecule has 5 aromatic carbocycles. The number of hydrogen-bond acceptors (Lipinski definition) is 0. The van der Waals surface area contributed by atoms with Crippen LogP contribution in [0.2, 0.25) is 0 Å². The van der Waals surface area contributed by atoms with Gasteiger partial charge in [0.1, 0.15) is 0 Å². The molecule has 0 saturated carbocycles. The second-order valence-electron chi connectivity index (χ2n) is 9.73. The van der Waals surface area contributed by atoms with E-state index in [4.69, 9.17) is 0 Å². The highest BCUT2D eigenvalue weighted by molar-refractivity contribution is 6.21. The number of hydrogen-bond donors (Lipinski definition) is 0. The molecule has 0 N–H and O–H groups in total. The van der Waals surface area contributed by atoms with E-state index in [-0.39, 0.29) is 0 Å². The number of allylic oxidation sites excluding steroid dienone is 2. The normalized spacial score (nSPS) is 13.9. The summed E-state index contributed by atoms with van der Waals surface area (Å²) < 4.78 is 0. The van der Waals surface area contributed by atoms with Crippen molar-refractivity contribution in [2.24, 2.45) is 0 Å². The van der Waals surface area contributed by atoms with E-state index in [1.165, 1.54) is 70.9 Å². The Labute approximate surface area is 213 Å². The molecule has 0 radical (unpaired) electrons. The van der Waals surface area contributed by atoms with Gasteiger partial charge >= 0.3 is 0 Å². The van der Waals surface area contributed by atoms with Crippen molar-refractivity contribution in [1.82, 2.24) is 0 Å². The van der Waals surface area contributed by atoms with Gasteiger partial charge in [-0.2, -0.15) is 0 Å². The lowest BCUT2D eigenvalue weighted by Gasteiger charge is -2.19. The summed E-state index contributed by atoms with van der Waals surface area (Å²) in [6.07, 6.45) is 13.0. The summed E-state index contributed by atoms with van der Waals surface area (Å²) in [4.78, 5) is 0. The Kier molecular flexibility index (Phi) is 5.66. The van der Waals surface area contributed by atoms with Crippen molar-refractivity contribution in [2.75, 3.05) is 0 Å². The molecule has 0 spiro atoms. The first-order chi connectivity index (χ1) is 17.7. The van der Waals surface area contributed by atoms with E-state index in [0.29, 0.717) is 0 Å². The van der Waals surface area contributed by atoms with Crippen LogP contribution >= 0.6 is 0 Å². The Morgan fingerprint density at radius 2 is 1.44 bits per heavy atom. The van der Waals surface area contributed by atoms with Crippen molar-refractivity contribution in [3.63, 3.8) is 0 Å². The Balaban J connectivity index is 1.75. The van der Waals surface area contributed by atoms with Crippen LogP contribution in [0.3, 0.4) is 0 Å². The van der Waals surface area contributed by atoms with E-state index in [1.807, 2.05) is 6.08 Å². The lowest BCUT2D eigenvalue weighted by Crippen LogP contribution is -2.23. The number of fused-ring (bicyclic) bond motifs is 3. The molecule has 0 nitrogen and oxygen atoms in total. The van der Waals surface area contributed by atoms with E-state index in [2.05, 4.69) is 124 Å². The van der Waals surface area contributed by atoms with Crippen LogP contribution in [0.25, 0.3) is 62.0 Å². The van der Waals surface area contributed by atoms with Gasteiger partial charge in [-0.3, -0.25) is 0 Å². The zero-order chi connectivity index (χ0) is 24.6. The molecule has 0 aromatic heterocycles. The smallest absolute Gasteiger partial charge is 0.00261 e. The summed E-state index contributed by atoms with van der Waals surface area (Å²) >= 11 is 0. The fourth-order valence-electron chi connectivity index (χ4n) is 5.76. The first-order valence-electron chi connectivity index (χ1n) is 12.8. The predicted octanol–water partition coefficient (Wildman–Crippen LogP) is 8.36. The summed E-state index contributed by atoms with van der Waals surface area (Å²) in [5.74, 6) is 0. The van der Waals surface area contributed by atoms with Gasteiger partial charge in [-0.1, -0.05) is 109 Å². The van der Waals surface area contributed by atoms with Gasteiger partial charge < -0.3 is 0 Å². The molecule has 0 fully saturated rings. The van der Waals surface area contributed by atoms with Gasteiger partial charge in [-0.15, -0.1) is 0 Å². The van der Waals surface area contributed by atoms with E-state index in [0.717, 1.165) is 12.8 Å². The molecule has 0 unspecified atom stereocenters. The Hall–Kier alpha value is -4.16. The van der Waals surface area contributed by atoms with Crippen LogP contribution in [-0.2, 0) is 6.42 Å². The summed E-state index contributed by atoms with van der Waals surface area (Å²) in [7, 11) is 0. The molecule has 0 heteroatoms. The van der Waals surface area contributed by atoms with E-state index >= 15 is 0 Å². The van der Waals surface area contributed by atoms with E-state index in [1.54, 1.807) is 0 Å². The minimum absolute atomic E-state index is 1.13. The Morgan fingerprint density at radius 1 is 0.722 bits per heavy atom. The monoisotopic (exact) mass is 462 g/mol. The minimum atomic E-state index is 1.13. The van der Waals surface area contributed by atoms with Gasteiger partial charge in [0.2, 0.25) is 0 Å². The van der Waals surface area contributed by atoms with Crippen LogP contribution in [-0.4, -0.2) is 0 Å². The minimum Gasteiger partial charge on any atom is -0.0990 e. The molecule has 1 aliphatic carbocycles. The van der Waals surface area contributed by atoms with E-state index in [9.17, 15) is 0 Å². The second-order valence-corrected chi connectivity index (χ2v) is 9.73. The van der Waals surface area contributed by atoms with Gasteiger partial charge in [0.25, 0.3) is 0 Å². The SMILES string of the molecule is C=C/C=c1/cc(-c2c3ccccc3c(-c3ccc4c(c3)C=CCC4)c3cc(C)ccc23)cc/c1=C/C. The summed E-state index contributed by atoms with van der Waals surface area (Å²) in [6.45, 7) is 8.22. The molecule has 0 bridgehead atoms. The van der Waals surface area contributed by atoms with Crippen LogP contribution in [0.5, 0.6) is 0 Å². The molecule has 0 heterocycles. The molecular formula is C36H30. The molecule has 6 rings (SSSR count). The summed E-state index contributed by atoms with van der Waals surface area (Å²) in [5, 5.41) is 7.60. The van der Waals surface area contributed by atoms with Gasteiger partial charge in [0.05, 0.1) is 0 Å². The van der Waals surface area contributed by atoms with E-state index < -0.39 is 0 Å². The number of benzene rings is 5. The van der Waals surface area contributed by atoms with Gasteiger partial charge in [0, 0.05) is 0 Å². The third-order valence-corrected chi connectivity index (χ3v) is 7.48. The average Bonchev–Trinajstić information content (AvgIpc) is 2.91. The van der Waals surface area contributed by atoms with Crippen LogP contribution < -0.4 is 10.4 Å². The molecule has 0 aliphatic heterocycles. The third kappa shape index (κ3) is 3.71. The van der Waals surface area contributed by atoms with Crippen molar-refractivity contribution in [2.45, 2.75) is 26.7 Å². The van der Waals surface area contributed by atoms with Gasteiger partial charge in [-0.25, -0.2) is 0 Å². The fourth-order valence-corrected chi connectivity index (χ4v) is 5.76. The topological polar surface area (TPSA) is 0 Å². The standard InChI is InChI=1S/C36H30/c1-4-10-27-22-29(18-16-25(27)5-2)35-31-13-8-9-14-32(31)36(34-21-24(3)15-20-33(34)35)30-19-17-26-11-6-7-12-28(26)23-30/h4-5,7-10,12-23H,1,6,11H2,2-3H3/b25-5-,27-10-. The molecule has 0 atom stereocenters. The van der Waals surface area contributed by atoms with Crippen molar-refractivity contribution < 1.29 is 0 Å². The largest absolute Gasteiger partial charge is 0.0990 e. The molecule has 36 heavy (non-hydrogen) atoms. The fraction of sp³-hybridized carbons (Fsp3) is 0.111. The lowest BCUT2D eigenvalue weighted by molar-refractivity contribution is 0.986. The molecule has 0 amide bonds. The molecule has 5 aromatic rings. The zero-order valence-electron chi connectivity index (χ0n) is 21.0. The van der Waals surface area contributed by atoms with Crippen LogP contribution in [0, 0.1) is 6.92 Å². The second kappa shape index (κ2) is 9.13. The molecule has 0 saturated heterocycles. The Bertz CT molecular complexity index is 1810. The molecule has 174 valence electrons. The lowest BCUT2D eigenvalue weighted by atomic mass is 9.84. The van der Waals surface area contributed by atoms with Crippen LogP contribution in [0.15, 0.2) is 97.6 Å².